The molecule has 0 aliphatic carbocycles. The van der Waals surface area contributed by atoms with E-state index in [1.54, 1.807) is 17.5 Å². The number of hydrogen-bond donors (Lipinski definition) is 3. The maximum Gasteiger partial charge on any atom is 0.328 e. The SMILES string of the molecule is C=CCOCC(NC(=O)CCNC(=O)c1cccs1)C(=O)O. The number of carbonyl (C=O) groups excluding carboxylic acids is 2. The zero-order valence-electron chi connectivity index (χ0n) is 11.9. The van der Waals surface area contributed by atoms with E-state index in [2.05, 4.69) is 17.2 Å². The average Bonchev–Trinajstić information content (AvgIpc) is 3.00. The summed E-state index contributed by atoms with van der Waals surface area (Å²) in [5, 5.41) is 15.7. The Balaban J connectivity index is 2.29. The Morgan fingerprint density at radius 2 is 2.23 bits per heavy atom. The average molecular weight is 326 g/mol. The van der Waals surface area contributed by atoms with Gasteiger partial charge in [0.1, 0.15) is 0 Å². The van der Waals surface area contributed by atoms with Crippen LogP contribution in [0, 0.1) is 0 Å². The van der Waals surface area contributed by atoms with Gasteiger partial charge >= 0.3 is 5.97 Å². The van der Waals surface area contributed by atoms with E-state index in [9.17, 15) is 14.4 Å². The number of carboxylic acid groups (broad SMARTS) is 1. The molecule has 0 aliphatic rings. The van der Waals surface area contributed by atoms with E-state index < -0.39 is 17.9 Å². The molecule has 1 aromatic heterocycles. The van der Waals surface area contributed by atoms with Crippen molar-refractivity contribution < 1.29 is 24.2 Å². The molecule has 1 heterocycles. The van der Waals surface area contributed by atoms with Crippen molar-refractivity contribution in [2.75, 3.05) is 19.8 Å². The molecule has 0 aliphatic heterocycles. The first kappa shape index (κ1) is 17.9. The van der Waals surface area contributed by atoms with Gasteiger partial charge in [-0.05, 0) is 11.4 Å². The lowest BCUT2D eigenvalue weighted by Crippen LogP contribution is -2.44. The maximum absolute atomic E-state index is 11.7. The highest BCUT2D eigenvalue weighted by atomic mass is 32.1. The molecule has 1 aromatic rings. The van der Waals surface area contributed by atoms with E-state index in [-0.39, 0.29) is 32.1 Å². The van der Waals surface area contributed by atoms with Crippen LogP contribution in [-0.4, -0.2) is 48.7 Å². The molecule has 22 heavy (non-hydrogen) atoms. The first-order valence-electron chi connectivity index (χ1n) is 6.57. The highest BCUT2D eigenvalue weighted by Crippen LogP contribution is 2.07. The van der Waals surface area contributed by atoms with E-state index in [4.69, 9.17) is 9.84 Å². The van der Waals surface area contributed by atoms with Gasteiger partial charge in [0.25, 0.3) is 5.91 Å². The summed E-state index contributed by atoms with van der Waals surface area (Å²) in [6.45, 7) is 3.63. The number of carbonyl (C=O) groups is 3. The summed E-state index contributed by atoms with van der Waals surface area (Å²) >= 11 is 1.30. The Kier molecular flexibility index (Phi) is 7.87. The van der Waals surface area contributed by atoms with Crippen LogP contribution in [-0.2, 0) is 14.3 Å². The lowest BCUT2D eigenvalue weighted by molar-refractivity contribution is -0.143. The fourth-order valence-electron chi connectivity index (χ4n) is 1.49. The molecule has 0 aromatic carbocycles. The smallest absolute Gasteiger partial charge is 0.328 e. The van der Waals surface area contributed by atoms with Crippen molar-refractivity contribution in [2.24, 2.45) is 0 Å². The largest absolute Gasteiger partial charge is 0.480 e. The molecule has 0 radical (unpaired) electrons. The number of ether oxygens (including phenoxy) is 1. The van der Waals surface area contributed by atoms with Gasteiger partial charge in [-0.25, -0.2) is 4.79 Å². The number of hydrogen-bond acceptors (Lipinski definition) is 5. The van der Waals surface area contributed by atoms with E-state index in [1.165, 1.54) is 17.4 Å². The van der Waals surface area contributed by atoms with Crippen molar-refractivity contribution in [3.63, 3.8) is 0 Å². The van der Waals surface area contributed by atoms with Crippen molar-refractivity contribution in [3.8, 4) is 0 Å². The molecule has 1 rings (SSSR count). The topological polar surface area (TPSA) is 105 Å². The molecular formula is C14H18N2O5S. The van der Waals surface area contributed by atoms with Crippen LogP contribution >= 0.6 is 11.3 Å². The predicted molar refractivity (Wildman–Crippen MR) is 81.9 cm³/mol. The fourth-order valence-corrected chi connectivity index (χ4v) is 2.13. The molecule has 0 spiro atoms. The third-order valence-corrected chi connectivity index (χ3v) is 3.40. The molecule has 7 nitrogen and oxygen atoms in total. The second kappa shape index (κ2) is 9.69. The number of nitrogens with one attached hydrogen (secondary N) is 2. The number of thiophene rings is 1. The van der Waals surface area contributed by atoms with Crippen LogP contribution in [0.4, 0.5) is 0 Å². The molecule has 3 N–H and O–H groups in total. The van der Waals surface area contributed by atoms with E-state index >= 15 is 0 Å². The summed E-state index contributed by atoms with van der Waals surface area (Å²) in [4.78, 5) is 34.8. The molecule has 0 bridgehead atoms. The summed E-state index contributed by atoms with van der Waals surface area (Å²) in [5.74, 6) is -1.91. The molecule has 8 heteroatoms. The minimum Gasteiger partial charge on any atom is -0.480 e. The monoisotopic (exact) mass is 326 g/mol. The summed E-state index contributed by atoms with van der Waals surface area (Å²) in [5.41, 5.74) is 0. The Labute approximate surface area is 132 Å². The summed E-state index contributed by atoms with van der Waals surface area (Å²) < 4.78 is 5.02. The van der Waals surface area contributed by atoms with Gasteiger partial charge in [0.05, 0.1) is 18.1 Å². The van der Waals surface area contributed by atoms with Gasteiger partial charge < -0.3 is 20.5 Å². The molecule has 120 valence electrons. The lowest BCUT2D eigenvalue weighted by atomic mass is 10.3. The van der Waals surface area contributed by atoms with E-state index in [0.29, 0.717) is 4.88 Å². The summed E-state index contributed by atoms with van der Waals surface area (Å²) in [6, 6.07) is 2.31. The van der Waals surface area contributed by atoms with Gasteiger partial charge in [-0.3, -0.25) is 9.59 Å². The van der Waals surface area contributed by atoms with Crippen LogP contribution in [0.1, 0.15) is 16.1 Å². The maximum atomic E-state index is 11.7. The van der Waals surface area contributed by atoms with Crippen molar-refractivity contribution in [1.82, 2.24) is 10.6 Å². The Morgan fingerprint density at radius 1 is 1.45 bits per heavy atom. The van der Waals surface area contributed by atoms with Crippen molar-refractivity contribution in [3.05, 3.63) is 35.0 Å². The number of rotatable bonds is 10. The molecule has 1 atom stereocenters. The predicted octanol–water partition coefficient (Wildman–Crippen LogP) is 0.640. The number of amides is 2. The van der Waals surface area contributed by atoms with Gasteiger partial charge in [0.15, 0.2) is 6.04 Å². The number of aliphatic carboxylic acids is 1. The molecule has 1 unspecified atom stereocenters. The molecule has 0 saturated carbocycles. The van der Waals surface area contributed by atoms with Gasteiger partial charge in [-0.15, -0.1) is 17.9 Å². The Hall–Kier alpha value is -2.19. The highest BCUT2D eigenvalue weighted by Gasteiger charge is 2.19. The van der Waals surface area contributed by atoms with Gasteiger partial charge in [0, 0.05) is 13.0 Å². The first-order chi connectivity index (χ1) is 10.5. The standard InChI is InChI=1S/C14H18N2O5S/c1-2-7-21-9-10(14(19)20)16-12(17)5-6-15-13(18)11-4-3-8-22-11/h2-4,8,10H,1,5-7,9H2,(H,15,18)(H,16,17)(H,19,20). The van der Waals surface area contributed by atoms with Crippen molar-refractivity contribution in [2.45, 2.75) is 12.5 Å². The third kappa shape index (κ3) is 6.51. The van der Waals surface area contributed by atoms with E-state index in [1.807, 2.05) is 0 Å². The zero-order valence-corrected chi connectivity index (χ0v) is 12.7. The fraction of sp³-hybridized carbons (Fsp3) is 0.357. The Bertz CT molecular complexity index is 515. The van der Waals surface area contributed by atoms with E-state index in [0.717, 1.165) is 0 Å². The highest BCUT2D eigenvalue weighted by molar-refractivity contribution is 7.12. The minimum atomic E-state index is -1.18. The van der Waals surface area contributed by atoms with Crippen LogP contribution in [0.2, 0.25) is 0 Å². The molecule has 0 saturated heterocycles. The lowest BCUT2D eigenvalue weighted by Gasteiger charge is -2.14. The number of carboxylic acids is 1. The summed E-state index contributed by atoms with van der Waals surface area (Å²) in [7, 11) is 0. The van der Waals surface area contributed by atoms with Crippen LogP contribution in [0.3, 0.4) is 0 Å². The van der Waals surface area contributed by atoms with Gasteiger partial charge in [0.2, 0.25) is 5.91 Å². The van der Waals surface area contributed by atoms with Crippen molar-refractivity contribution >= 4 is 29.1 Å². The first-order valence-corrected chi connectivity index (χ1v) is 7.45. The Morgan fingerprint density at radius 3 is 2.82 bits per heavy atom. The van der Waals surface area contributed by atoms with Gasteiger partial charge in [-0.1, -0.05) is 12.1 Å². The molecular weight excluding hydrogens is 308 g/mol. The van der Waals surface area contributed by atoms with Crippen LogP contribution in [0.15, 0.2) is 30.2 Å². The molecule has 2 amide bonds. The van der Waals surface area contributed by atoms with Crippen molar-refractivity contribution in [1.29, 1.82) is 0 Å². The second-order valence-electron chi connectivity index (χ2n) is 4.27. The quantitative estimate of drug-likeness (QED) is 0.432. The molecule has 0 fully saturated rings. The third-order valence-electron chi connectivity index (χ3n) is 2.54. The second-order valence-corrected chi connectivity index (χ2v) is 5.22. The summed E-state index contributed by atoms with van der Waals surface area (Å²) in [6.07, 6.45) is 1.48. The zero-order chi connectivity index (χ0) is 16.4. The van der Waals surface area contributed by atoms with Crippen LogP contribution in [0.5, 0.6) is 0 Å². The van der Waals surface area contributed by atoms with Crippen LogP contribution < -0.4 is 10.6 Å². The normalized spacial score (nSPS) is 11.5. The van der Waals surface area contributed by atoms with Crippen LogP contribution in [0.25, 0.3) is 0 Å². The minimum absolute atomic E-state index is 0.0116. The van der Waals surface area contributed by atoms with Gasteiger partial charge in [-0.2, -0.15) is 0 Å².